The second-order valence-electron chi connectivity index (χ2n) is 10.4. The average Bonchev–Trinajstić information content (AvgIpc) is 3.26. The number of nitrogens with one attached hydrogen (secondary N) is 1. The fourth-order valence-corrected chi connectivity index (χ4v) is 6.25. The van der Waals surface area contributed by atoms with Crippen LogP contribution >= 0.6 is 0 Å². The molecule has 1 unspecified atom stereocenters. The molecule has 3 N–H and O–H groups in total. The van der Waals surface area contributed by atoms with Gasteiger partial charge in [0.05, 0.1) is 54.7 Å². The maximum absolute atomic E-state index is 15.1. The third-order valence-electron chi connectivity index (χ3n) is 8.08. The molecule has 0 radical (unpaired) electrons. The Balaban J connectivity index is 1.62. The van der Waals surface area contributed by atoms with Crippen LogP contribution in [0.5, 0.6) is 5.75 Å². The van der Waals surface area contributed by atoms with Gasteiger partial charge in [-0.05, 0) is 37.8 Å². The van der Waals surface area contributed by atoms with Crippen LogP contribution < -0.4 is 15.6 Å². The Kier molecular flexibility index (Phi) is 5.78. The summed E-state index contributed by atoms with van der Waals surface area (Å²) in [6.45, 7) is 3.04. The van der Waals surface area contributed by atoms with Crippen molar-refractivity contribution in [3.05, 3.63) is 56.1 Å². The number of aliphatic hydroxyl groups excluding tert-OH is 1. The number of aryl methyl sites for hydroxylation is 1. The van der Waals surface area contributed by atoms with Crippen LogP contribution in [0, 0.1) is 5.82 Å². The SMILES string of the molecule is CC[C@@]1(O)C(=O)OCc2c1cc1n(c2=O)Cc2c-1nc1cc(F)c(OC)c3c1c2C(NC(=O)C[C@H](C)O)CC3. The van der Waals surface area contributed by atoms with Crippen molar-refractivity contribution in [1.29, 1.82) is 0 Å². The second-order valence-corrected chi connectivity index (χ2v) is 10.4. The van der Waals surface area contributed by atoms with Crippen molar-refractivity contribution >= 4 is 22.8 Å². The van der Waals surface area contributed by atoms with E-state index in [0.29, 0.717) is 51.8 Å². The number of esters is 1. The summed E-state index contributed by atoms with van der Waals surface area (Å²) in [6, 6.07) is 2.40. The number of halogens is 1. The maximum atomic E-state index is 15.1. The highest BCUT2D eigenvalue weighted by Gasteiger charge is 2.46. The lowest BCUT2D eigenvalue weighted by Gasteiger charge is -2.31. The first kappa shape index (κ1) is 25.4. The summed E-state index contributed by atoms with van der Waals surface area (Å²) in [5.41, 5.74) is 1.20. The van der Waals surface area contributed by atoms with Crippen molar-refractivity contribution in [3.8, 4) is 17.1 Å². The number of carbonyl (C=O) groups is 2. The third kappa shape index (κ3) is 3.60. The van der Waals surface area contributed by atoms with Gasteiger partial charge in [0.2, 0.25) is 5.91 Å². The van der Waals surface area contributed by atoms with E-state index in [1.165, 1.54) is 24.7 Å². The summed E-state index contributed by atoms with van der Waals surface area (Å²) in [5.74, 6) is -1.61. The van der Waals surface area contributed by atoms with Gasteiger partial charge in [0.25, 0.3) is 5.56 Å². The molecule has 2 aromatic heterocycles. The number of rotatable bonds is 5. The van der Waals surface area contributed by atoms with E-state index in [1.54, 1.807) is 13.0 Å². The number of benzene rings is 1. The van der Waals surface area contributed by atoms with Gasteiger partial charge in [-0.3, -0.25) is 9.59 Å². The Labute approximate surface area is 222 Å². The van der Waals surface area contributed by atoms with Gasteiger partial charge in [-0.2, -0.15) is 0 Å². The quantitative estimate of drug-likeness (QED) is 0.329. The van der Waals surface area contributed by atoms with Crippen LogP contribution in [0.1, 0.15) is 67.0 Å². The summed E-state index contributed by atoms with van der Waals surface area (Å²) in [6.07, 6.45) is -0.0213. The monoisotopic (exact) mass is 537 g/mol. The number of carbonyl (C=O) groups excluding carboxylic acids is 2. The summed E-state index contributed by atoms with van der Waals surface area (Å²) in [4.78, 5) is 43.6. The molecule has 204 valence electrons. The molecule has 11 heteroatoms. The molecule has 4 heterocycles. The Morgan fingerprint density at radius 3 is 2.79 bits per heavy atom. The number of ether oxygens (including phenoxy) is 2. The van der Waals surface area contributed by atoms with E-state index in [2.05, 4.69) is 5.32 Å². The van der Waals surface area contributed by atoms with Gasteiger partial charge >= 0.3 is 5.97 Å². The molecule has 0 spiro atoms. The first-order valence-corrected chi connectivity index (χ1v) is 12.9. The Morgan fingerprint density at radius 1 is 1.33 bits per heavy atom. The Hall–Kier alpha value is -3.83. The second kappa shape index (κ2) is 8.85. The Morgan fingerprint density at radius 2 is 2.10 bits per heavy atom. The van der Waals surface area contributed by atoms with Crippen molar-refractivity contribution in [3.63, 3.8) is 0 Å². The summed E-state index contributed by atoms with van der Waals surface area (Å²) >= 11 is 0. The first-order chi connectivity index (χ1) is 18.6. The van der Waals surface area contributed by atoms with E-state index in [9.17, 15) is 24.6 Å². The third-order valence-corrected chi connectivity index (χ3v) is 8.08. The molecule has 3 aliphatic rings. The normalized spacial score (nSPS) is 21.6. The van der Waals surface area contributed by atoms with Gasteiger partial charge in [0.1, 0.15) is 6.61 Å². The molecule has 3 atom stereocenters. The highest BCUT2D eigenvalue weighted by atomic mass is 19.1. The van der Waals surface area contributed by atoms with Crippen molar-refractivity contribution in [2.75, 3.05) is 7.11 Å². The smallest absolute Gasteiger partial charge is 0.343 e. The van der Waals surface area contributed by atoms with Crippen LogP contribution in [-0.2, 0) is 39.5 Å². The lowest BCUT2D eigenvalue weighted by molar-refractivity contribution is -0.172. The number of aliphatic hydroxyl groups is 2. The van der Waals surface area contributed by atoms with Gasteiger partial charge in [-0.15, -0.1) is 0 Å². The standard InChI is InChI=1S/C28H28FN3O7/c1-4-28(37)16-8-20-24-14(10-32(20)26(35)15(16)11-39-27(28)36)23-18(30-21(34)7-12(2)33)6-5-13-22(23)19(31-24)9-17(29)25(13)38-3/h8-9,12,18,33,37H,4-7,10-11H2,1-3H3,(H,30,34)/t12-,18?,28-/m0/s1. The van der Waals surface area contributed by atoms with Crippen LogP contribution in [0.15, 0.2) is 16.9 Å². The minimum Gasteiger partial charge on any atom is -0.493 e. The summed E-state index contributed by atoms with van der Waals surface area (Å²) in [7, 11) is 1.40. The lowest BCUT2D eigenvalue weighted by atomic mass is 9.82. The number of methoxy groups -OCH3 is 1. The number of aromatic nitrogens is 2. The van der Waals surface area contributed by atoms with E-state index in [-0.39, 0.29) is 48.8 Å². The fraction of sp³-hybridized carbons (Fsp3) is 0.429. The Bertz CT molecular complexity index is 1650. The largest absolute Gasteiger partial charge is 0.493 e. The van der Waals surface area contributed by atoms with Crippen molar-refractivity contribution < 1.29 is 33.7 Å². The molecule has 39 heavy (non-hydrogen) atoms. The molecule has 3 aromatic rings. The van der Waals surface area contributed by atoms with Gasteiger partial charge in [0, 0.05) is 28.1 Å². The molecule has 0 fully saturated rings. The number of hydrogen-bond donors (Lipinski definition) is 3. The first-order valence-electron chi connectivity index (χ1n) is 12.9. The molecular weight excluding hydrogens is 509 g/mol. The van der Waals surface area contributed by atoms with Gasteiger partial charge in [-0.25, -0.2) is 14.2 Å². The van der Waals surface area contributed by atoms with Crippen LogP contribution in [-0.4, -0.2) is 44.9 Å². The molecule has 10 nitrogen and oxygen atoms in total. The zero-order chi connectivity index (χ0) is 27.8. The summed E-state index contributed by atoms with van der Waals surface area (Å²) in [5, 5.41) is 24.5. The molecule has 0 saturated carbocycles. The van der Waals surface area contributed by atoms with Crippen LogP contribution in [0.4, 0.5) is 4.39 Å². The number of pyridine rings is 2. The zero-order valence-corrected chi connectivity index (χ0v) is 21.8. The van der Waals surface area contributed by atoms with Gasteiger partial charge in [-0.1, -0.05) is 6.92 Å². The number of cyclic esters (lactones) is 1. The predicted molar refractivity (Wildman–Crippen MR) is 137 cm³/mol. The van der Waals surface area contributed by atoms with E-state index in [1.807, 2.05) is 0 Å². The van der Waals surface area contributed by atoms with Gasteiger partial charge < -0.3 is 29.6 Å². The highest BCUT2D eigenvalue weighted by molar-refractivity contribution is 5.94. The minimum atomic E-state index is -1.97. The van der Waals surface area contributed by atoms with E-state index < -0.39 is 35.1 Å². The van der Waals surface area contributed by atoms with E-state index >= 15 is 4.39 Å². The van der Waals surface area contributed by atoms with Crippen LogP contribution in [0.3, 0.4) is 0 Å². The molecule has 2 aliphatic heterocycles. The number of amides is 1. The topological polar surface area (TPSA) is 140 Å². The van der Waals surface area contributed by atoms with E-state index in [4.69, 9.17) is 14.5 Å². The summed E-state index contributed by atoms with van der Waals surface area (Å²) < 4.78 is 27.2. The number of nitrogens with zero attached hydrogens (tertiary/aromatic N) is 2. The molecule has 0 saturated heterocycles. The van der Waals surface area contributed by atoms with Crippen LogP contribution in [0.25, 0.3) is 22.3 Å². The molecule has 1 amide bonds. The number of hydrogen-bond acceptors (Lipinski definition) is 8. The average molecular weight is 538 g/mol. The van der Waals surface area contributed by atoms with Crippen molar-refractivity contribution in [2.24, 2.45) is 0 Å². The zero-order valence-electron chi connectivity index (χ0n) is 21.8. The van der Waals surface area contributed by atoms with E-state index in [0.717, 1.165) is 0 Å². The fourth-order valence-electron chi connectivity index (χ4n) is 6.25. The highest BCUT2D eigenvalue weighted by Crippen LogP contribution is 2.47. The van der Waals surface area contributed by atoms with Crippen molar-refractivity contribution in [1.82, 2.24) is 14.9 Å². The molecule has 6 rings (SSSR count). The molecule has 1 aliphatic carbocycles. The van der Waals surface area contributed by atoms with Crippen molar-refractivity contribution in [2.45, 2.75) is 70.4 Å². The van der Waals surface area contributed by atoms with Gasteiger partial charge in [0.15, 0.2) is 17.2 Å². The minimum absolute atomic E-state index is 0.0106. The lowest BCUT2D eigenvalue weighted by Crippen LogP contribution is -2.44. The maximum Gasteiger partial charge on any atom is 0.343 e. The molecule has 0 bridgehead atoms. The molecular formula is C28H28FN3O7. The molecule has 1 aromatic carbocycles. The van der Waals surface area contributed by atoms with Crippen LogP contribution in [0.2, 0.25) is 0 Å². The predicted octanol–water partition coefficient (Wildman–Crippen LogP) is 2.10. The number of fused-ring (bicyclic) bond motifs is 5.